The SMILES string of the molecule is OOB(OO)C1CC1. The molecule has 0 radical (unpaired) electrons. The molecule has 0 aromatic heterocycles. The first-order valence-corrected chi connectivity index (χ1v) is 2.49. The maximum atomic E-state index is 7.95. The average Bonchev–Trinajstić information content (AvgIpc) is 2.53. The van der Waals surface area contributed by atoms with Gasteiger partial charge in [0, 0.05) is 0 Å². The summed E-state index contributed by atoms with van der Waals surface area (Å²) in [6.45, 7) is 0. The highest BCUT2D eigenvalue weighted by atomic mass is 17.2. The van der Waals surface area contributed by atoms with E-state index in [4.69, 9.17) is 10.5 Å². The van der Waals surface area contributed by atoms with Gasteiger partial charge in [-0.3, -0.25) is 20.1 Å². The maximum absolute atomic E-state index is 7.95. The van der Waals surface area contributed by atoms with Crippen LogP contribution in [0.1, 0.15) is 12.8 Å². The second-order valence-electron chi connectivity index (χ2n) is 1.92. The Morgan fingerprint density at radius 1 is 1.25 bits per heavy atom. The highest BCUT2D eigenvalue weighted by molar-refractivity contribution is 6.46. The quantitative estimate of drug-likeness (QED) is 0.324. The molecule has 1 aliphatic rings. The van der Waals surface area contributed by atoms with Gasteiger partial charge < -0.3 is 0 Å². The van der Waals surface area contributed by atoms with Crippen LogP contribution in [0.25, 0.3) is 0 Å². The molecule has 0 spiro atoms. The van der Waals surface area contributed by atoms with E-state index in [-0.39, 0.29) is 5.82 Å². The smallest absolute Gasteiger partial charge is 0.265 e. The molecule has 4 nitrogen and oxygen atoms in total. The van der Waals surface area contributed by atoms with Crippen LogP contribution in [0.5, 0.6) is 0 Å². The van der Waals surface area contributed by atoms with Crippen LogP contribution in [0.4, 0.5) is 0 Å². The van der Waals surface area contributed by atoms with Crippen molar-refractivity contribution in [2.75, 3.05) is 0 Å². The molecule has 0 bridgehead atoms. The Hall–Kier alpha value is -0.0951. The van der Waals surface area contributed by atoms with Gasteiger partial charge in [0.05, 0.1) is 0 Å². The molecule has 0 unspecified atom stereocenters. The minimum atomic E-state index is -0.824. The van der Waals surface area contributed by atoms with Crippen LogP contribution in [0.3, 0.4) is 0 Å². The zero-order chi connectivity index (χ0) is 5.98. The highest BCUT2D eigenvalue weighted by Gasteiger charge is 2.39. The zero-order valence-electron chi connectivity index (χ0n) is 4.28. The van der Waals surface area contributed by atoms with E-state index in [0.29, 0.717) is 0 Å². The van der Waals surface area contributed by atoms with Crippen LogP contribution in [0, 0.1) is 0 Å². The zero-order valence-corrected chi connectivity index (χ0v) is 4.28. The molecule has 46 valence electrons. The van der Waals surface area contributed by atoms with Gasteiger partial charge in [0.2, 0.25) is 0 Å². The first kappa shape index (κ1) is 6.03. The summed E-state index contributed by atoms with van der Waals surface area (Å²) in [6.07, 6.45) is 1.90. The van der Waals surface area contributed by atoms with Crippen molar-refractivity contribution in [2.24, 2.45) is 0 Å². The minimum Gasteiger partial charge on any atom is -0.265 e. The molecule has 1 saturated carbocycles. The molecule has 2 N–H and O–H groups in total. The van der Waals surface area contributed by atoms with Crippen molar-refractivity contribution in [1.82, 2.24) is 0 Å². The van der Waals surface area contributed by atoms with Crippen LogP contribution in [0.15, 0.2) is 0 Å². The lowest BCUT2D eigenvalue weighted by Gasteiger charge is -1.99. The summed E-state index contributed by atoms with van der Waals surface area (Å²) in [6, 6.07) is 0. The summed E-state index contributed by atoms with van der Waals surface area (Å²) in [5.41, 5.74) is 0. The van der Waals surface area contributed by atoms with Crippen LogP contribution in [0.2, 0.25) is 5.82 Å². The summed E-state index contributed by atoms with van der Waals surface area (Å²) in [5, 5.41) is 15.9. The Balaban J connectivity index is 2.15. The van der Waals surface area contributed by atoms with E-state index in [2.05, 4.69) is 9.61 Å². The molecule has 0 aliphatic heterocycles. The molecular weight excluding hydrogens is 111 g/mol. The summed E-state index contributed by atoms with van der Waals surface area (Å²) in [4.78, 5) is 7.50. The normalized spacial score (nSPS) is 18.8. The minimum absolute atomic E-state index is 0.185. The summed E-state index contributed by atoms with van der Waals surface area (Å²) in [5.74, 6) is 0.185. The summed E-state index contributed by atoms with van der Waals surface area (Å²) >= 11 is 0. The topological polar surface area (TPSA) is 58.9 Å². The van der Waals surface area contributed by atoms with Crippen molar-refractivity contribution in [2.45, 2.75) is 18.7 Å². The second-order valence-corrected chi connectivity index (χ2v) is 1.92. The van der Waals surface area contributed by atoms with E-state index >= 15 is 0 Å². The Kier molecular flexibility index (Phi) is 1.85. The molecule has 1 aliphatic carbocycles. The van der Waals surface area contributed by atoms with E-state index in [1.165, 1.54) is 0 Å². The van der Waals surface area contributed by atoms with Crippen LogP contribution >= 0.6 is 0 Å². The van der Waals surface area contributed by atoms with E-state index in [9.17, 15) is 0 Å². The molecule has 0 heterocycles. The van der Waals surface area contributed by atoms with Crippen molar-refractivity contribution in [1.29, 1.82) is 0 Å². The maximum Gasteiger partial charge on any atom is 0.523 e. The lowest BCUT2D eigenvalue weighted by atomic mass is 9.83. The van der Waals surface area contributed by atoms with Gasteiger partial charge in [-0.25, -0.2) is 0 Å². The number of hydrogen-bond donors (Lipinski definition) is 2. The third-order valence-electron chi connectivity index (χ3n) is 1.21. The third kappa shape index (κ3) is 1.19. The Labute approximate surface area is 47.0 Å². The second kappa shape index (κ2) is 2.45. The first-order valence-electron chi connectivity index (χ1n) is 2.49. The van der Waals surface area contributed by atoms with E-state index < -0.39 is 7.12 Å². The molecule has 0 aromatic carbocycles. The standard InChI is InChI=1S/C3H7BO4/c5-7-4(8-6)3-1-2-3/h3,5-6H,1-2H2. The van der Waals surface area contributed by atoms with E-state index in [1.54, 1.807) is 0 Å². The Morgan fingerprint density at radius 3 is 1.88 bits per heavy atom. The van der Waals surface area contributed by atoms with Crippen molar-refractivity contribution in [3.63, 3.8) is 0 Å². The molecule has 0 saturated heterocycles. The summed E-state index contributed by atoms with van der Waals surface area (Å²) < 4.78 is 0. The van der Waals surface area contributed by atoms with Crippen molar-refractivity contribution < 1.29 is 20.1 Å². The highest BCUT2D eigenvalue weighted by Crippen LogP contribution is 2.39. The fraction of sp³-hybridized carbons (Fsp3) is 1.00. The van der Waals surface area contributed by atoms with Crippen molar-refractivity contribution >= 4 is 7.12 Å². The lowest BCUT2D eigenvalue weighted by molar-refractivity contribution is -0.226. The van der Waals surface area contributed by atoms with Gasteiger partial charge in [-0.15, -0.1) is 0 Å². The fourth-order valence-electron chi connectivity index (χ4n) is 0.560. The monoisotopic (exact) mass is 118 g/mol. The molecule has 0 atom stereocenters. The van der Waals surface area contributed by atoms with Gasteiger partial charge in [-0.05, 0) is 5.82 Å². The Morgan fingerprint density at radius 2 is 1.75 bits per heavy atom. The molecule has 8 heavy (non-hydrogen) atoms. The Bertz CT molecular complexity index is 69.7. The van der Waals surface area contributed by atoms with Crippen molar-refractivity contribution in [3.05, 3.63) is 0 Å². The lowest BCUT2D eigenvalue weighted by Crippen LogP contribution is -2.19. The fourth-order valence-corrected chi connectivity index (χ4v) is 0.560. The van der Waals surface area contributed by atoms with Gasteiger partial charge in [0.1, 0.15) is 0 Å². The van der Waals surface area contributed by atoms with Crippen LogP contribution in [-0.2, 0) is 9.61 Å². The number of rotatable bonds is 3. The average molecular weight is 118 g/mol. The van der Waals surface area contributed by atoms with Crippen LogP contribution < -0.4 is 0 Å². The molecule has 1 rings (SSSR count). The molecule has 0 amide bonds. The van der Waals surface area contributed by atoms with Gasteiger partial charge >= 0.3 is 7.12 Å². The van der Waals surface area contributed by atoms with Crippen LogP contribution in [-0.4, -0.2) is 17.6 Å². The summed E-state index contributed by atoms with van der Waals surface area (Å²) in [7, 11) is -0.824. The van der Waals surface area contributed by atoms with E-state index in [0.717, 1.165) is 12.8 Å². The molecule has 5 heteroatoms. The van der Waals surface area contributed by atoms with Gasteiger partial charge in [0.15, 0.2) is 0 Å². The molecule has 1 fully saturated rings. The third-order valence-corrected chi connectivity index (χ3v) is 1.21. The van der Waals surface area contributed by atoms with Gasteiger partial charge in [-0.2, -0.15) is 0 Å². The van der Waals surface area contributed by atoms with Gasteiger partial charge in [-0.1, -0.05) is 12.8 Å². The van der Waals surface area contributed by atoms with Gasteiger partial charge in [0.25, 0.3) is 0 Å². The predicted octanol–water partition coefficient (Wildman–Crippen LogP) is 0.618. The van der Waals surface area contributed by atoms with E-state index in [1.807, 2.05) is 0 Å². The number of hydrogen-bond acceptors (Lipinski definition) is 4. The first-order chi connectivity index (χ1) is 3.88. The predicted molar refractivity (Wildman–Crippen MR) is 26.2 cm³/mol. The van der Waals surface area contributed by atoms with Crippen molar-refractivity contribution in [3.8, 4) is 0 Å². The largest absolute Gasteiger partial charge is 0.523 e. The molecule has 0 aromatic rings. The molecular formula is C3H7BO4.